The quantitative estimate of drug-likeness (QED) is 0.614. The van der Waals surface area contributed by atoms with Crippen LogP contribution in [0.1, 0.15) is 41.0 Å². The van der Waals surface area contributed by atoms with Crippen molar-refractivity contribution in [2.24, 2.45) is 0 Å². The molecule has 1 aliphatic carbocycles. The number of morpholine rings is 2. The van der Waals surface area contributed by atoms with E-state index in [-0.39, 0.29) is 6.10 Å². The van der Waals surface area contributed by atoms with Crippen molar-refractivity contribution in [2.45, 2.75) is 38.3 Å². The maximum atomic E-state index is 6.03. The maximum Gasteiger partial charge on any atom is 0.146 e. The molecule has 0 amide bonds. The van der Waals surface area contributed by atoms with E-state index >= 15 is 0 Å². The standard InChI is InChI=1S/C23H28N4O3S/c1-2-6-19-16(4-1)21-22(27-9-13-30-18(14-27)17-5-3-10-29-17)24-20(25-23(21)31-19)15-26-7-11-28-12-8-26/h3,5,10,18H,1-2,4,6-9,11-15H2. The Labute approximate surface area is 186 Å². The van der Waals surface area contributed by atoms with Crippen molar-refractivity contribution in [3.63, 3.8) is 0 Å². The van der Waals surface area contributed by atoms with E-state index in [1.54, 1.807) is 6.26 Å². The van der Waals surface area contributed by atoms with Crippen LogP contribution in [0, 0.1) is 0 Å². The highest BCUT2D eigenvalue weighted by atomic mass is 32.1. The van der Waals surface area contributed by atoms with Crippen molar-refractivity contribution in [1.29, 1.82) is 0 Å². The molecule has 0 saturated carbocycles. The molecule has 0 bridgehead atoms. The van der Waals surface area contributed by atoms with Crippen LogP contribution >= 0.6 is 11.3 Å². The second-order valence-corrected chi connectivity index (χ2v) is 9.65. The van der Waals surface area contributed by atoms with Gasteiger partial charge in [0.05, 0.1) is 44.6 Å². The Morgan fingerprint density at radius 3 is 2.84 bits per heavy atom. The van der Waals surface area contributed by atoms with E-state index in [0.29, 0.717) is 6.61 Å². The lowest BCUT2D eigenvalue weighted by atomic mass is 9.97. The van der Waals surface area contributed by atoms with E-state index in [1.165, 1.54) is 35.1 Å². The van der Waals surface area contributed by atoms with E-state index in [4.69, 9.17) is 23.9 Å². The lowest BCUT2D eigenvalue weighted by molar-refractivity contribution is 0.0254. The van der Waals surface area contributed by atoms with E-state index < -0.39 is 0 Å². The summed E-state index contributed by atoms with van der Waals surface area (Å²) in [6.45, 7) is 6.49. The molecule has 7 nitrogen and oxygen atoms in total. The second kappa shape index (κ2) is 8.50. The van der Waals surface area contributed by atoms with Crippen molar-refractivity contribution < 1.29 is 13.9 Å². The summed E-state index contributed by atoms with van der Waals surface area (Å²) in [5.74, 6) is 2.90. The van der Waals surface area contributed by atoms with E-state index in [0.717, 1.165) is 74.6 Å². The van der Waals surface area contributed by atoms with Gasteiger partial charge in [-0.3, -0.25) is 4.90 Å². The maximum absolute atomic E-state index is 6.03. The van der Waals surface area contributed by atoms with Crippen molar-refractivity contribution in [2.75, 3.05) is 50.9 Å². The van der Waals surface area contributed by atoms with Gasteiger partial charge in [-0.2, -0.15) is 0 Å². The van der Waals surface area contributed by atoms with E-state index in [2.05, 4.69) is 9.80 Å². The lowest BCUT2D eigenvalue weighted by Crippen LogP contribution is -2.39. The van der Waals surface area contributed by atoms with E-state index in [9.17, 15) is 0 Å². The Morgan fingerprint density at radius 1 is 1.06 bits per heavy atom. The predicted molar refractivity (Wildman–Crippen MR) is 120 cm³/mol. The molecule has 1 atom stereocenters. The van der Waals surface area contributed by atoms with Crippen molar-refractivity contribution in [3.05, 3.63) is 40.4 Å². The Kier molecular flexibility index (Phi) is 5.39. The van der Waals surface area contributed by atoms with Gasteiger partial charge in [-0.05, 0) is 43.4 Å². The molecule has 2 aliphatic heterocycles. The third-order valence-corrected chi connectivity index (χ3v) is 7.72. The summed E-state index contributed by atoms with van der Waals surface area (Å²) in [5.41, 5.74) is 1.49. The first-order valence-corrected chi connectivity index (χ1v) is 12.2. The number of aryl methyl sites for hydroxylation is 2. The normalized spacial score (nSPS) is 22.7. The van der Waals surface area contributed by atoms with Gasteiger partial charge in [0.25, 0.3) is 0 Å². The minimum atomic E-state index is -0.0640. The molecule has 0 aromatic carbocycles. The Balaban J connectivity index is 1.39. The van der Waals surface area contributed by atoms with Gasteiger partial charge in [-0.15, -0.1) is 11.3 Å². The number of ether oxygens (including phenoxy) is 2. The number of thiophene rings is 1. The van der Waals surface area contributed by atoms with Crippen molar-refractivity contribution >= 4 is 27.4 Å². The van der Waals surface area contributed by atoms with Gasteiger partial charge in [-0.25, -0.2) is 9.97 Å². The van der Waals surface area contributed by atoms with Crippen molar-refractivity contribution in [3.8, 4) is 0 Å². The predicted octanol–water partition coefficient (Wildman–Crippen LogP) is 3.57. The number of fused-ring (bicyclic) bond motifs is 3. The van der Waals surface area contributed by atoms with Gasteiger partial charge >= 0.3 is 0 Å². The first-order valence-electron chi connectivity index (χ1n) is 11.4. The van der Waals surface area contributed by atoms with Gasteiger partial charge in [0.1, 0.15) is 28.3 Å². The van der Waals surface area contributed by atoms with Gasteiger partial charge in [0, 0.05) is 24.5 Å². The van der Waals surface area contributed by atoms with Crippen LogP contribution < -0.4 is 4.90 Å². The lowest BCUT2D eigenvalue weighted by Gasteiger charge is -2.34. The molecule has 3 aromatic heterocycles. The molecule has 0 spiro atoms. The number of anilines is 1. The summed E-state index contributed by atoms with van der Waals surface area (Å²) in [6.07, 6.45) is 6.50. The summed E-state index contributed by atoms with van der Waals surface area (Å²) in [4.78, 5) is 17.7. The molecule has 0 N–H and O–H groups in total. The van der Waals surface area contributed by atoms with E-state index in [1.807, 2.05) is 23.5 Å². The molecule has 2 saturated heterocycles. The number of rotatable bonds is 4. The number of nitrogens with zero attached hydrogens (tertiary/aromatic N) is 4. The van der Waals surface area contributed by atoms with Crippen LogP contribution in [0.25, 0.3) is 10.2 Å². The molecule has 6 rings (SSSR count). The fourth-order valence-corrected chi connectivity index (χ4v) is 6.20. The first kappa shape index (κ1) is 19.7. The summed E-state index contributed by atoms with van der Waals surface area (Å²) in [7, 11) is 0. The summed E-state index contributed by atoms with van der Waals surface area (Å²) in [5, 5.41) is 1.28. The molecule has 8 heteroatoms. The number of hydrogen-bond donors (Lipinski definition) is 0. The Morgan fingerprint density at radius 2 is 1.97 bits per heavy atom. The molecular weight excluding hydrogens is 412 g/mol. The van der Waals surface area contributed by atoms with Crippen LogP contribution in [0.2, 0.25) is 0 Å². The minimum absolute atomic E-state index is 0.0640. The smallest absolute Gasteiger partial charge is 0.146 e. The Bertz CT molecular complexity index is 1040. The molecule has 5 heterocycles. The number of hydrogen-bond acceptors (Lipinski definition) is 8. The molecule has 1 unspecified atom stereocenters. The number of aromatic nitrogens is 2. The topological polar surface area (TPSA) is 63.9 Å². The number of furan rings is 1. The second-order valence-electron chi connectivity index (χ2n) is 8.56. The van der Waals surface area contributed by atoms with Crippen LogP contribution in [-0.4, -0.2) is 60.9 Å². The molecule has 0 radical (unpaired) electrons. The average molecular weight is 441 g/mol. The SMILES string of the molecule is c1coc(C2CN(c3nc(CN4CCOCC4)nc4sc5c(c34)CCCC5)CCO2)c1. The third-order valence-electron chi connectivity index (χ3n) is 6.54. The summed E-state index contributed by atoms with van der Waals surface area (Å²) < 4.78 is 17.2. The highest BCUT2D eigenvalue weighted by Gasteiger charge is 2.29. The molecule has 3 aliphatic rings. The fraction of sp³-hybridized carbons (Fsp3) is 0.565. The highest BCUT2D eigenvalue weighted by molar-refractivity contribution is 7.19. The van der Waals surface area contributed by atoms with Crippen LogP contribution in [0.15, 0.2) is 22.8 Å². The molecule has 31 heavy (non-hydrogen) atoms. The van der Waals surface area contributed by atoms with Crippen LogP contribution in [0.5, 0.6) is 0 Å². The zero-order chi connectivity index (χ0) is 20.6. The largest absolute Gasteiger partial charge is 0.467 e. The highest BCUT2D eigenvalue weighted by Crippen LogP contribution is 2.40. The van der Waals surface area contributed by atoms with Gasteiger partial charge in [0.15, 0.2) is 0 Å². The fourth-order valence-electron chi connectivity index (χ4n) is 4.93. The molecular formula is C23H28N4O3S. The van der Waals surface area contributed by atoms with Gasteiger partial charge < -0.3 is 18.8 Å². The first-order chi connectivity index (χ1) is 15.3. The van der Waals surface area contributed by atoms with Crippen LogP contribution in [0.4, 0.5) is 5.82 Å². The van der Waals surface area contributed by atoms with Gasteiger partial charge in [-0.1, -0.05) is 0 Å². The molecule has 2 fully saturated rings. The van der Waals surface area contributed by atoms with Crippen LogP contribution in [-0.2, 0) is 28.9 Å². The summed E-state index contributed by atoms with van der Waals surface area (Å²) >= 11 is 1.88. The minimum Gasteiger partial charge on any atom is -0.467 e. The monoisotopic (exact) mass is 440 g/mol. The summed E-state index contributed by atoms with van der Waals surface area (Å²) in [6, 6.07) is 3.93. The van der Waals surface area contributed by atoms with Crippen LogP contribution in [0.3, 0.4) is 0 Å². The zero-order valence-corrected chi connectivity index (χ0v) is 18.5. The van der Waals surface area contributed by atoms with Gasteiger partial charge in [0.2, 0.25) is 0 Å². The molecule has 164 valence electrons. The third kappa shape index (κ3) is 3.86. The Hall–Kier alpha value is -2.00. The van der Waals surface area contributed by atoms with Crippen molar-refractivity contribution in [1.82, 2.24) is 14.9 Å². The average Bonchev–Trinajstić information content (AvgIpc) is 3.47. The molecule has 3 aromatic rings. The zero-order valence-electron chi connectivity index (χ0n) is 17.7.